The molecule has 0 bridgehead atoms. The Morgan fingerprint density at radius 3 is 2.26 bits per heavy atom. The average molecular weight is 284 g/mol. The van der Waals surface area contributed by atoms with Gasteiger partial charge in [0.2, 0.25) is 0 Å². The van der Waals surface area contributed by atoms with E-state index in [1.165, 1.54) is 0 Å². The molecular formula is C14H20O4S. The highest BCUT2D eigenvalue weighted by atomic mass is 32.2. The molecule has 0 radical (unpaired) electrons. The van der Waals surface area contributed by atoms with Crippen molar-refractivity contribution in [3.05, 3.63) is 28.3 Å². The monoisotopic (exact) mass is 284 g/mol. The minimum atomic E-state index is -4.32. The van der Waals surface area contributed by atoms with Gasteiger partial charge in [-0.1, -0.05) is 13.0 Å². The van der Waals surface area contributed by atoms with E-state index in [1.807, 2.05) is 13.0 Å². The highest BCUT2D eigenvalue weighted by Crippen LogP contribution is 2.27. The molecule has 106 valence electrons. The zero-order chi connectivity index (χ0) is 14.8. The fraction of sp³-hybridized carbons (Fsp3) is 0.500. The summed E-state index contributed by atoms with van der Waals surface area (Å²) in [6, 6.07) is 1.85. The molecule has 1 N–H and O–H groups in total. The molecule has 5 heteroatoms. The molecule has 1 rings (SSSR count). The van der Waals surface area contributed by atoms with Crippen LogP contribution in [-0.4, -0.2) is 18.8 Å². The number of carbonyl (C=O) groups excluding carboxylic acids is 1. The zero-order valence-corrected chi connectivity index (χ0v) is 12.6. The van der Waals surface area contributed by atoms with E-state index in [-0.39, 0.29) is 17.1 Å². The van der Waals surface area contributed by atoms with Crippen molar-refractivity contribution in [2.75, 3.05) is 0 Å². The standard InChI is InChI=1S/C14H20O4S/c1-5-6-12(15)8-13-10(3)7-9(2)11(4)14(13)19(16,17)18/h7H,5-6,8H2,1-4H3,(H,16,17,18). The Morgan fingerprint density at radius 2 is 1.79 bits per heavy atom. The Kier molecular flexibility index (Phi) is 4.87. The van der Waals surface area contributed by atoms with Gasteiger partial charge >= 0.3 is 0 Å². The first-order chi connectivity index (χ1) is 8.68. The number of ketones is 1. The maximum Gasteiger partial charge on any atom is 0.295 e. The first kappa shape index (κ1) is 15.9. The van der Waals surface area contributed by atoms with Gasteiger partial charge in [0.15, 0.2) is 0 Å². The second kappa shape index (κ2) is 5.84. The van der Waals surface area contributed by atoms with Crippen LogP contribution in [0, 0.1) is 20.8 Å². The van der Waals surface area contributed by atoms with Crippen molar-refractivity contribution in [1.82, 2.24) is 0 Å². The Bertz CT molecular complexity index is 600. The predicted octanol–water partition coefficient (Wildman–Crippen LogP) is 2.77. The molecule has 0 aliphatic rings. The van der Waals surface area contributed by atoms with Gasteiger partial charge in [0.1, 0.15) is 10.7 Å². The molecule has 0 amide bonds. The molecule has 0 aromatic heterocycles. The quantitative estimate of drug-likeness (QED) is 0.844. The summed E-state index contributed by atoms with van der Waals surface area (Å²) in [4.78, 5) is 11.7. The largest absolute Gasteiger partial charge is 0.299 e. The van der Waals surface area contributed by atoms with Crippen LogP contribution in [0.25, 0.3) is 0 Å². The average Bonchev–Trinajstić information content (AvgIpc) is 2.24. The predicted molar refractivity (Wildman–Crippen MR) is 74.1 cm³/mol. The molecule has 19 heavy (non-hydrogen) atoms. The third kappa shape index (κ3) is 3.64. The van der Waals surface area contributed by atoms with E-state index in [0.717, 1.165) is 17.5 Å². The van der Waals surface area contributed by atoms with Crippen LogP contribution in [0.1, 0.15) is 42.0 Å². The van der Waals surface area contributed by atoms with Gasteiger partial charge in [-0.25, -0.2) is 0 Å². The Hall–Kier alpha value is -1.20. The van der Waals surface area contributed by atoms with Crippen molar-refractivity contribution in [3.63, 3.8) is 0 Å². The lowest BCUT2D eigenvalue weighted by molar-refractivity contribution is -0.118. The molecule has 1 aromatic carbocycles. The highest BCUT2D eigenvalue weighted by molar-refractivity contribution is 7.86. The van der Waals surface area contributed by atoms with Crippen LogP contribution in [0.4, 0.5) is 0 Å². The fourth-order valence-electron chi connectivity index (χ4n) is 2.24. The van der Waals surface area contributed by atoms with Gasteiger partial charge in [-0.15, -0.1) is 0 Å². The number of carbonyl (C=O) groups is 1. The van der Waals surface area contributed by atoms with E-state index >= 15 is 0 Å². The van der Waals surface area contributed by atoms with E-state index in [0.29, 0.717) is 17.5 Å². The van der Waals surface area contributed by atoms with Crippen molar-refractivity contribution >= 4 is 15.9 Å². The Morgan fingerprint density at radius 1 is 1.21 bits per heavy atom. The normalized spacial score (nSPS) is 11.6. The number of aryl methyl sites for hydroxylation is 2. The molecule has 0 heterocycles. The number of Topliss-reactive ketones (excluding diaryl/α,β-unsaturated/α-hetero) is 1. The van der Waals surface area contributed by atoms with Crippen LogP contribution in [0.15, 0.2) is 11.0 Å². The number of hydrogen-bond acceptors (Lipinski definition) is 3. The summed E-state index contributed by atoms with van der Waals surface area (Å²) in [6.45, 7) is 7.09. The van der Waals surface area contributed by atoms with Crippen molar-refractivity contribution < 1.29 is 17.8 Å². The first-order valence-electron chi connectivity index (χ1n) is 6.27. The van der Waals surface area contributed by atoms with Crippen molar-refractivity contribution in [3.8, 4) is 0 Å². The van der Waals surface area contributed by atoms with E-state index in [9.17, 15) is 17.8 Å². The van der Waals surface area contributed by atoms with E-state index < -0.39 is 10.1 Å². The minimum Gasteiger partial charge on any atom is -0.299 e. The number of rotatable bonds is 5. The van der Waals surface area contributed by atoms with Crippen molar-refractivity contribution in [1.29, 1.82) is 0 Å². The first-order valence-corrected chi connectivity index (χ1v) is 7.71. The van der Waals surface area contributed by atoms with Crippen LogP contribution in [0.3, 0.4) is 0 Å². The van der Waals surface area contributed by atoms with Crippen molar-refractivity contribution in [2.24, 2.45) is 0 Å². The molecule has 0 atom stereocenters. The Balaban J connectivity index is 3.46. The topological polar surface area (TPSA) is 71.4 Å². The minimum absolute atomic E-state index is 0.0150. The van der Waals surface area contributed by atoms with Gasteiger partial charge in [0, 0.05) is 12.8 Å². The third-order valence-electron chi connectivity index (χ3n) is 3.28. The van der Waals surface area contributed by atoms with Gasteiger partial charge < -0.3 is 0 Å². The van der Waals surface area contributed by atoms with E-state index in [4.69, 9.17) is 0 Å². The summed E-state index contributed by atoms with van der Waals surface area (Å²) in [5.41, 5.74) is 2.44. The smallest absolute Gasteiger partial charge is 0.295 e. The summed E-state index contributed by atoms with van der Waals surface area (Å²) in [5.74, 6) is -0.0150. The number of hydrogen-bond donors (Lipinski definition) is 1. The number of benzene rings is 1. The van der Waals surface area contributed by atoms with Gasteiger partial charge in [-0.3, -0.25) is 9.35 Å². The van der Waals surface area contributed by atoms with Crippen LogP contribution in [0.5, 0.6) is 0 Å². The molecule has 4 nitrogen and oxygen atoms in total. The molecular weight excluding hydrogens is 264 g/mol. The van der Waals surface area contributed by atoms with Crippen LogP contribution in [-0.2, 0) is 21.3 Å². The summed E-state index contributed by atoms with van der Waals surface area (Å²) >= 11 is 0. The van der Waals surface area contributed by atoms with Gasteiger partial charge in [-0.05, 0) is 49.4 Å². The maximum atomic E-state index is 11.8. The summed E-state index contributed by atoms with van der Waals surface area (Å²) in [6.07, 6.45) is 1.19. The molecule has 0 spiro atoms. The molecule has 0 saturated heterocycles. The molecule has 0 fully saturated rings. The van der Waals surface area contributed by atoms with Crippen molar-refractivity contribution in [2.45, 2.75) is 51.9 Å². The molecule has 0 unspecified atom stereocenters. The summed E-state index contributed by atoms with van der Waals surface area (Å²) in [5, 5.41) is 0. The van der Waals surface area contributed by atoms with E-state index in [1.54, 1.807) is 20.8 Å². The Labute approximate surface area is 114 Å². The molecule has 0 aliphatic heterocycles. The maximum absolute atomic E-state index is 11.8. The van der Waals surface area contributed by atoms with Crippen LogP contribution >= 0.6 is 0 Å². The van der Waals surface area contributed by atoms with Gasteiger partial charge in [0.25, 0.3) is 10.1 Å². The highest BCUT2D eigenvalue weighted by Gasteiger charge is 2.23. The summed E-state index contributed by atoms with van der Waals surface area (Å²) in [7, 11) is -4.32. The second-order valence-electron chi connectivity index (χ2n) is 4.88. The molecule has 0 aliphatic carbocycles. The molecule has 0 saturated carbocycles. The lowest BCUT2D eigenvalue weighted by Crippen LogP contribution is -2.13. The van der Waals surface area contributed by atoms with Gasteiger partial charge in [0.05, 0.1) is 0 Å². The SMILES string of the molecule is CCCC(=O)Cc1c(C)cc(C)c(C)c1S(=O)(=O)O. The van der Waals surface area contributed by atoms with Crippen LogP contribution < -0.4 is 0 Å². The lowest BCUT2D eigenvalue weighted by Gasteiger charge is -2.15. The second-order valence-corrected chi connectivity index (χ2v) is 6.24. The molecule has 1 aromatic rings. The zero-order valence-electron chi connectivity index (χ0n) is 11.8. The van der Waals surface area contributed by atoms with Crippen LogP contribution in [0.2, 0.25) is 0 Å². The van der Waals surface area contributed by atoms with E-state index in [2.05, 4.69) is 0 Å². The van der Waals surface area contributed by atoms with Gasteiger partial charge in [-0.2, -0.15) is 8.42 Å². The third-order valence-corrected chi connectivity index (χ3v) is 4.34. The lowest BCUT2D eigenvalue weighted by atomic mass is 9.96. The fourth-order valence-corrected chi connectivity index (χ4v) is 3.33. The summed E-state index contributed by atoms with van der Waals surface area (Å²) < 4.78 is 32.5.